The Morgan fingerprint density at radius 2 is 0.470 bits per heavy atom. The Hall–Kier alpha value is -3.15. The molecule has 0 spiro atoms. The molecule has 1 atom stereocenters. The molecule has 0 amide bonds. The Labute approximate surface area is 516 Å². The Bertz CT molecular complexity index is 1520. The third kappa shape index (κ3) is 69.5. The van der Waals surface area contributed by atoms with E-state index in [2.05, 4.69) is 93.7 Å². The van der Waals surface area contributed by atoms with Crippen molar-refractivity contribution in [1.82, 2.24) is 0 Å². The lowest BCUT2D eigenvalue weighted by Crippen LogP contribution is -2.30. The lowest BCUT2D eigenvalue weighted by atomic mass is 10.0. The van der Waals surface area contributed by atoms with Crippen molar-refractivity contribution >= 4 is 17.9 Å². The first-order chi connectivity index (χ1) is 41.0. The molecule has 0 aliphatic heterocycles. The molecule has 6 heteroatoms. The first kappa shape index (κ1) is 79.8. The molecular formula is C77H138O6. The second-order valence-corrected chi connectivity index (χ2v) is 24.5. The summed E-state index contributed by atoms with van der Waals surface area (Å²) in [5.41, 5.74) is 0. The van der Waals surface area contributed by atoms with E-state index in [0.717, 1.165) is 96.3 Å². The van der Waals surface area contributed by atoms with Crippen LogP contribution in [0.3, 0.4) is 0 Å². The third-order valence-corrected chi connectivity index (χ3v) is 16.2. The smallest absolute Gasteiger partial charge is 0.306 e. The minimum atomic E-state index is -0.786. The van der Waals surface area contributed by atoms with Crippen LogP contribution < -0.4 is 0 Å². The van der Waals surface area contributed by atoms with Gasteiger partial charge >= 0.3 is 17.9 Å². The normalized spacial score (nSPS) is 12.5. The lowest BCUT2D eigenvalue weighted by Gasteiger charge is -2.18. The quantitative estimate of drug-likeness (QED) is 0.0261. The van der Waals surface area contributed by atoms with Crippen LogP contribution in [0.25, 0.3) is 0 Å². The molecule has 482 valence electrons. The molecule has 0 fully saturated rings. The summed E-state index contributed by atoms with van der Waals surface area (Å²) in [7, 11) is 0. The molecular weight excluding hydrogens is 1020 g/mol. The monoisotopic (exact) mass is 1160 g/mol. The molecule has 0 radical (unpaired) electrons. The van der Waals surface area contributed by atoms with Crippen LogP contribution >= 0.6 is 0 Å². The Kier molecular flexibility index (Phi) is 68.6. The number of carbonyl (C=O) groups is 3. The standard InChI is InChI=1S/C77H138O6/c1-4-7-10-13-16-19-22-25-27-29-31-33-34-35-36-37-38-39-40-41-42-44-45-47-49-52-55-58-61-64-67-70-76(79)82-73-74(72-81-75(78)69-66-63-60-57-54-51-24-21-18-15-12-9-6-3)83-77(80)71-68-65-62-59-56-53-50-48-46-43-32-30-28-26-23-20-17-14-11-8-5-2/h9,12,18,21-22,25,29,31,34-35,51,54,74H,4-8,10-11,13-17,19-20,23-24,26-28,30,32-33,36-50,52-53,55-73H2,1-3H3/b12-9-,21-18-,25-22-,31-29-,35-34-,54-51-. The van der Waals surface area contributed by atoms with Crippen LogP contribution in [0, 0.1) is 0 Å². The van der Waals surface area contributed by atoms with Crippen molar-refractivity contribution in [3.05, 3.63) is 72.9 Å². The highest BCUT2D eigenvalue weighted by Gasteiger charge is 2.19. The van der Waals surface area contributed by atoms with E-state index in [1.54, 1.807) is 0 Å². The van der Waals surface area contributed by atoms with Crippen LogP contribution in [0.2, 0.25) is 0 Å². The van der Waals surface area contributed by atoms with Crippen molar-refractivity contribution < 1.29 is 28.6 Å². The number of esters is 3. The minimum Gasteiger partial charge on any atom is -0.462 e. The average Bonchev–Trinajstić information content (AvgIpc) is 3.49. The molecule has 0 N–H and O–H groups in total. The molecule has 0 aliphatic carbocycles. The molecule has 6 nitrogen and oxygen atoms in total. The van der Waals surface area contributed by atoms with E-state index in [9.17, 15) is 14.4 Å². The van der Waals surface area contributed by atoms with Crippen molar-refractivity contribution in [2.45, 2.75) is 386 Å². The molecule has 0 saturated carbocycles. The van der Waals surface area contributed by atoms with Gasteiger partial charge in [-0.3, -0.25) is 14.4 Å². The van der Waals surface area contributed by atoms with Gasteiger partial charge in [-0.2, -0.15) is 0 Å². The van der Waals surface area contributed by atoms with Gasteiger partial charge in [-0.15, -0.1) is 0 Å². The molecule has 0 heterocycles. The van der Waals surface area contributed by atoms with E-state index in [4.69, 9.17) is 14.2 Å². The van der Waals surface area contributed by atoms with Gasteiger partial charge in [-0.1, -0.05) is 344 Å². The predicted octanol–water partition coefficient (Wildman–Crippen LogP) is 25.2. The third-order valence-electron chi connectivity index (χ3n) is 16.2. The molecule has 0 rings (SSSR count). The van der Waals surface area contributed by atoms with E-state index in [1.807, 2.05) is 0 Å². The second-order valence-electron chi connectivity index (χ2n) is 24.5. The van der Waals surface area contributed by atoms with Crippen LogP contribution in [-0.2, 0) is 28.6 Å². The summed E-state index contributed by atoms with van der Waals surface area (Å²) in [6.45, 7) is 6.55. The number of unbranched alkanes of at least 4 members (excludes halogenated alkanes) is 44. The van der Waals surface area contributed by atoms with Gasteiger partial charge in [0.15, 0.2) is 6.10 Å². The van der Waals surface area contributed by atoms with E-state index >= 15 is 0 Å². The predicted molar refractivity (Wildman–Crippen MR) is 362 cm³/mol. The van der Waals surface area contributed by atoms with Gasteiger partial charge in [0.25, 0.3) is 0 Å². The van der Waals surface area contributed by atoms with Crippen LogP contribution in [-0.4, -0.2) is 37.2 Å². The molecule has 0 aromatic rings. The van der Waals surface area contributed by atoms with Crippen LogP contribution in [0.4, 0.5) is 0 Å². The van der Waals surface area contributed by atoms with Gasteiger partial charge in [-0.05, 0) is 89.9 Å². The topological polar surface area (TPSA) is 78.9 Å². The molecule has 0 saturated heterocycles. The van der Waals surface area contributed by atoms with Gasteiger partial charge in [0.1, 0.15) is 13.2 Å². The average molecular weight is 1160 g/mol. The van der Waals surface area contributed by atoms with Gasteiger partial charge in [0, 0.05) is 19.3 Å². The summed E-state index contributed by atoms with van der Waals surface area (Å²) in [5, 5.41) is 0. The van der Waals surface area contributed by atoms with Gasteiger partial charge < -0.3 is 14.2 Å². The number of hydrogen-bond donors (Lipinski definition) is 0. The number of rotatable bonds is 67. The van der Waals surface area contributed by atoms with Crippen molar-refractivity contribution in [2.24, 2.45) is 0 Å². The highest BCUT2D eigenvalue weighted by atomic mass is 16.6. The van der Waals surface area contributed by atoms with Gasteiger partial charge in [0.2, 0.25) is 0 Å². The molecule has 0 aliphatic rings. The highest BCUT2D eigenvalue weighted by molar-refractivity contribution is 5.71. The summed E-state index contributed by atoms with van der Waals surface area (Å²) >= 11 is 0. The lowest BCUT2D eigenvalue weighted by molar-refractivity contribution is -0.167. The Balaban J connectivity index is 4.20. The van der Waals surface area contributed by atoms with E-state index in [1.165, 1.54) is 244 Å². The van der Waals surface area contributed by atoms with E-state index < -0.39 is 6.10 Å². The molecule has 0 bridgehead atoms. The first-order valence-electron chi connectivity index (χ1n) is 36.4. The zero-order valence-corrected chi connectivity index (χ0v) is 55.5. The van der Waals surface area contributed by atoms with E-state index in [0.29, 0.717) is 19.3 Å². The van der Waals surface area contributed by atoms with Crippen molar-refractivity contribution in [3.8, 4) is 0 Å². The fourth-order valence-electron chi connectivity index (χ4n) is 10.8. The fourth-order valence-corrected chi connectivity index (χ4v) is 10.8. The number of carbonyl (C=O) groups excluding carboxylic acids is 3. The molecule has 0 aromatic carbocycles. The highest BCUT2D eigenvalue weighted by Crippen LogP contribution is 2.18. The van der Waals surface area contributed by atoms with E-state index in [-0.39, 0.29) is 31.1 Å². The largest absolute Gasteiger partial charge is 0.462 e. The maximum Gasteiger partial charge on any atom is 0.306 e. The number of hydrogen-bond acceptors (Lipinski definition) is 6. The van der Waals surface area contributed by atoms with Gasteiger partial charge in [0.05, 0.1) is 0 Å². The maximum absolute atomic E-state index is 13.0. The zero-order chi connectivity index (χ0) is 59.9. The summed E-state index contributed by atoms with van der Waals surface area (Å²) in [6, 6.07) is 0. The van der Waals surface area contributed by atoms with Gasteiger partial charge in [-0.25, -0.2) is 0 Å². The van der Waals surface area contributed by atoms with Crippen molar-refractivity contribution in [2.75, 3.05) is 13.2 Å². The summed E-state index contributed by atoms with van der Waals surface area (Å²) in [6.07, 6.45) is 93.8. The minimum absolute atomic E-state index is 0.0804. The van der Waals surface area contributed by atoms with Crippen molar-refractivity contribution in [1.29, 1.82) is 0 Å². The number of ether oxygens (including phenoxy) is 3. The Morgan fingerprint density at radius 3 is 0.747 bits per heavy atom. The summed E-state index contributed by atoms with van der Waals surface area (Å²) in [5.74, 6) is -0.888. The molecule has 1 unspecified atom stereocenters. The zero-order valence-electron chi connectivity index (χ0n) is 55.5. The SMILES string of the molecule is CC/C=C\C/C=C\C/C=C\CCCCCC(=O)OCC(COC(=O)CCCCCCCCCCCCCCCCCC/C=C\C/C=C\C/C=C\CCCCCCC)OC(=O)CCCCCCCCCCCCCCCCCCCCCCC. The maximum atomic E-state index is 13.0. The van der Waals surface area contributed by atoms with Crippen LogP contribution in [0.15, 0.2) is 72.9 Å². The summed E-state index contributed by atoms with van der Waals surface area (Å²) < 4.78 is 17.0. The molecule has 83 heavy (non-hydrogen) atoms. The fraction of sp³-hybridized carbons (Fsp3) is 0.805. The number of allylic oxidation sites excluding steroid dienone is 12. The van der Waals surface area contributed by atoms with Crippen molar-refractivity contribution in [3.63, 3.8) is 0 Å². The van der Waals surface area contributed by atoms with Crippen LogP contribution in [0.5, 0.6) is 0 Å². The van der Waals surface area contributed by atoms with Crippen LogP contribution in [0.1, 0.15) is 380 Å². The first-order valence-corrected chi connectivity index (χ1v) is 36.4. The Morgan fingerprint density at radius 1 is 0.253 bits per heavy atom. The second kappa shape index (κ2) is 71.3. The summed E-state index contributed by atoms with van der Waals surface area (Å²) in [4.78, 5) is 38.4. The molecule has 0 aromatic heterocycles.